The highest BCUT2D eigenvalue weighted by molar-refractivity contribution is 5.74. The zero-order chi connectivity index (χ0) is 19.8. The van der Waals surface area contributed by atoms with Crippen LogP contribution in [0.5, 0.6) is 5.75 Å². The molecule has 6 nitrogen and oxygen atoms in total. The van der Waals surface area contributed by atoms with E-state index in [0.717, 1.165) is 22.3 Å². The van der Waals surface area contributed by atoms with Gasteiger partial charge in [0.15, 0.2) is 6.61 Å². The number of aliphatic carboxylic acids is 1. The van der Waals surface area contributed by atoms with Gasteiger partial charge >= 0.3 is 11.9 Å². The maximum atomic E-state index is 11.6. The zero-order valence-corrected chi connectivity index (χ0v) is 15.8. The number of hydrogen-bond acceptors (Lipinski definition) is 5. The third-order valence-electron chi connectivity index (χ3n) is 4.22. The molecule has 6 heteroatoms. The van der Waals surface area contributed by atoms with Crippen molar-refractivity contribution >= 4 is 11.9 Å². The van der Waals surface area contributed by atoms with Gasteiger partial charge in [-0.2, -0.15) is 0 Å². The van der Waals surface area contributed by atoms with Gasteiger partial charge in [0, 0.05) is 6.54 Å². The summed E-state index contributed by atoms with van der Waals surface area (Å²) in [5.41, 5.74) is 3.68. The van der Waals surface area contributed by atoms with E-state index in [-0.39, 0.29) is 6.61 Å². The molecule has 2 aromatic carbocycles. The summed E-state index contributed by atoms with van der Waals surface area (Å²) in [7, 11) is 1.31. The van der Waals surface area contributed by atoms with Crippen LogP contribution in [-0.4, -0.2) is 36.8 Å². The van der Waals surface area contributed by atoms with Crippen molar-refractivity contribution in [3.63, 3.8) is 0 Å². The van der Waals surface area contributed by atoms with E-state index >= 15 is 0 Å². The predicted octanol–water partition coefficient (Wildman–Crippen LogP) is 2.64. The third-order valence-corrected chi connectivity index (χ3v) is 4.22. The molecule has 0 aliphatic rings. The molecule has 0 spiro atoms. The van der Waals surface area contributed by atoms with Gasteiger partial charge in [-0.1, -0.05) is 42.5 Å². The second-order valence-corrected chi connectivity index (χ2v) is 6.38. The molecule has 0 radical (unpaired) electrons. The first-order valence-corrected chi connectivity index (χ1v) is 8.70. The largest absolute Gasteiger partial charge is 0.481 e. The maximum absolute atomic E-state index is 11.6. The van der Waals surface area contributed by atoms with Gasteiger partial charge in [0.05, 0.1) is 7.11 Å². The number of aryl methyl sites for hydroxylation is 2. The van der Waals surface area contributed by atoms with Crippen LogP contribution in [0, 0.1) is 13.8 Å². The Balaban J connectivity index is 2.03. The van der Waals surface area contributed by atoms with Gasteiger partial charge in [-0.3, -0.25) is 4.79 Å². The minimum absolute atomic E-state index is 0.145. The minimum atomic E-state index is -0.884. The number of carbonyl (C=O) groups is 2. The first-order valence-electron chi connectivity index (χ1n) is 8.70. The van der Waals surface area contributed by atoms with Crippen LogP contribution in [0.1, 0.15) is 22.3 Å². The second kappa shape index (κ2) is 9.73. The summed E-state index contributed by atoms with van der Waals surface area (Å²) in [6, 6.07) is 12.7. The first-order chi connectivity index (χ1) is 12.9. The molecule has 0 aromatic heterocycles. The predicted molar refractivity (Wildman–Crippen MR) is 102 cm³/mol. The van der Waals surface area contributed by atoms with Crippen LogP contribution in [0.2, 0.25) is 0 Å². The molecule has 2 N–H and O–H groups in total. The van der Waals surface area contributed by atoms with Crippen LogP contribution >= 0.6 is 0 Å². The molecule has 0 fully saturated rings. The Morgan fingerprint density at radius 2 is 1.70 bits per heavy atom. The molecule has 144 valence electrons. The van der Waals surface area contributed by atoms with Crippen molar-refractivity contribution < 1.29 is 24.2 Å². The van der Waals surface area contributed by atoms with Gasteiger partial charge in [0.1, 0.15) is 11.8 Å². The summed E-state index contributed by atoms with van der Waals surface area (Å²) in [6.07, 6.45) is 0.411. The maximum Gasteiger partial charge on any atom is 0.343 e. The third kappa shape index (κ3) is 6.11. The van der Waals surface area contributed by atoms with E-state index in [1.54, 1.807) is 0 Å². The highest BCUT2D eigenvalue weighted by atomic mass is 16.6. The lowest BCUT2D eigenvalue weighted by Gasteiger charge is -2.17. The number of methoxy groups -OCH3 is 1. The molecule has 0 aliphatic carbocycles. The van der Waals surface area contributed by atoms with Crippen molar-refractivity contribution in [2.75, 3.05) is 13.7 Å². The van der Waals surface area contributed by atoms with Crippen molar-refractivity contribution in [2.45, 2.75) is 32.9 Å². The first kappa shape index (κ1) is 20.5. The zero-order valence-electron chi connectivity index (χ0n) is 15.8. The summed E-state index contributed by atoms with van der Waals surface area (Å²) in [5, 5.41) is 12.6. The van der Waals surface area contributed by atoms with E-state index in [9.17, 15) is 14.7 Å². The molecule has 0 saturated heterocycles. The lowest BCUT2D eigenvalue weighted by molar-refractivity contribution is -0.143. The van der Waals surface area contributed by atoms with Gasteiger partial charge in [-0.15, -0.1) is 0 Å². The Hall–Kier alpha value is -2.86. The summed E-state index contributed by atoms with van der Waals surface area (Å²) in [4.78, 5) is 22.8. The van der Waals surface area contributed by atoms with Crippen LogP contribution in [0.15, 0.2) is 42.5 Å². The lowest BCUT2D eigenvalue weighted by atomic mass is 10.0. The highest BCUT2D eigenvalue weighted by Gasteiger charge is 2.18. The molecule has 2 aromatic rings. The Morgan fingerprint density at radius 3 is 2.26 bits per heavy atom. The van der Waals surface area contributed by atoms with Crippen molar-refractivity contribution in [2.24, 2.45) is 0 Å². The standard InChI is InChI=1S/C21H25NO5/c1-14-9-17(10-15(2)20(14)27-13-19(23)26-3)12-22-18(21(24)25)11-16-7-5-4-6-8-16/h4-10,18,22H,11-13H2,1-3H3,(H,24,25)/t18-/m0/s1. The van der Waals surface area contributed by atoms with Gasteiger partial charge in [-0.05, 0) is 42.5 Å². The van der Waals surface area contributed by atoms with Crippen molar-refractivity contribution in [1.29, 1.82) is 0 Å². The summed E-state index contributed by atoms with van der Waals surface area (Å²) >= 11 is 0. The topological polar surface area (TPSA) is 84.9 Å². The Bertz CT molecular complexity index is 765. The van der Waals surface area contributed by atoms with Crippen molar-refractivity contribution in [1.82, 2.24) is 5.32 Å². The van der Waals surface area contributed by atoms with Crippen LogP contribution in [0.3, 0.4) is 0 Å². The van der Waals surface area contributed by atoms with Crippen molar-refractivity contribution in [3.8, 4) is 5.75 Å². The fourth-order valence-electron chi connectivity index (χ4n) is 2.90. The molecule has 1 atom stereocenters. The van der Waals surface area contributed by atoms with E-state index in [1.807, 2.05) is 56.3 Å². The summed E-state index contributed by atoms with van der Waals surface area (Å²) in [5.74, 6) is -0.682. The van der Waals surface area contributed by atoms with Crippen LogP contribution in [-0.2, 0) is 27.3 Å². The van der Waals surface area contributed by atoms with Crippen LogP contribution in [0.25, 0.3) is 0 Å². The molecule has 0 aliphatic heterocycles. The van der Waals surface area contributed by atoms with Crippen LogP contribution < -0.4 is 10.1 Å². The fourth-order valence-corrected chi connectivity index (χ4v) is 2.90. The number of esters is 1. The fraction of sp³-hybridized carbons (Fsp3) is 0.333. The minimum Gasteiger partial charge on any atom is -0.481 e. The number of carboxylic acids is 1. The number of rotatable bonds is 9. The molecule has 0 unspecified atom stereocenters. The van der Waals surface area contributed by atoms with Gasteiger partial charge in [-0.25, -0.2) is 4.79 Å². The number of hydrogen-bond donors (Lipinski definition) is 2. The monoisotopic (exact) mass is 371 g/mol. The van der Waals surface area contributed by atoms with E-state index < -0.39 is 18.0 Å². The van der Waals surface area contributed by atoms with Gasteiger partial charge in [0.2, 0.25) is 0 Å². The number of carbonyl (C=O) groups excluding carboxylic acids is 1. The molecule has 0 amide bonds. The molecule has 27 heavy (non-hydrogen) atoms. The molecular weight excluding hydrogens is 346 g/mol. The normalized spacial score (nSPS) is 11.7. The lowest BCUT2D eigenvalue weighted by Crippen LogP contribution is -2.38. The van der Waals surface area contributed by atoms with E-state index in [0.29, 0.717) is 18.7 Å². The smallest absolute Gasteiger partial charge is 0.343 e. The quantitative estimate of drug-likeness (QED) is 0.659. The van der Waals surface area contributed by atoms with Gasteiger partial charge < -0.3 is 19.9 Å². The van der Waals surface area contributed by atoms with Crippen LogP contribution in [0.4, 0.5) is 0 Å². The van der Waals surface area contributed by atoms with Crippen molar-refractivity contribution in [3.05, 3.63) is 64.7 Å². The molecular formula is C21H25NO5. The molecule has 2 rings (SSSR count). The Labute approximate surface area is 159 Å². The Morgan fingerprint density at radius 1 is 1.07 bits per heavy atom. The number of ether oxygens (including phenoxy) is 2. The summed E-state index contributed by atoms with van der Waals surface area (Å²) < 4.78 is 10.1. The average Bonchev–Trinajstić information content (AvgIpc) is 2.64. The molecule has 0 bridgehead atoms. The van der Waals surface area contributed by atoms with E-state index in [2.05, 4.69) is 10.1 Å². The highest BCUT2D eigenvalue weighted by Crippen LogP contribution is 2.25. The molecule has 0 heterocycles. The van der Waals surface area contributed by atoms with E-state index in [4.69, 9.17) is 4.74 Å². The summed E-state index contributed by atoms with van der Waals surface area (Å²) in [6.45, 7) is 4.06. The Kier molecular flexibility index (Phi) is 7.37. The molecule has 0 saturated carbocycles. The SMILES string of the molecule is COC(=O)COc1c(C)cc(CN[C@@H](Cc2ccccc2)C(=O)O)cc1C. The van der Waals surface area contributed by atoms with E-state index in [1.165, 1.54) is 7.11 Å². The number of nitrogens with one attached hydrogen (secondary N) is 1. The second-order valence-electron chi connectivity index (χ2n) is 6.38. The average molecular weight is 371 g/mol. The number of benzene rings is 2. The van der Waals surface area contributed by atoms with Gasteiger partial charge in [0.25, 0.3) is 0 Å². The number of carboxylic acid groups (broad SMARTS) is 1.